The standard InChI is InChI=1S/C15H25BrN2/c1-6-17-12(4)13-7-8-15(14(16)9-13)18(5)10-11(2)3/h7-9,11-12,17H,6,10H2,1-5H3. The summed E-state index contributed by atoms with van der Waals surface area (Å²) in [6.07, 6.45) is 0. The fourth-order valence-electron chi connectivity index (χ4n) is 2.17. The van der Waals surface area contributed by atoms with Gasteiger partial charge in [-0.05, 0) is 53.0 Å². The predicted molar refractivity (Wildman–Crippen MR) is 84.3 cm³/mol. The van der Waals surface area contributed by atoms with Gasteiger partial charge in [-0.1, -0.05) is 26.8 Å². The van der Waals surface area contributed by atoms with Crippen molar-refractivity contribution in [2.24, 2.45) is 5.92 Å². The van der Waals surface area contributed by atoms with Crippen LogP contribution in [-0.2, 0) is 0 Å². The molecule has 0 aromatic heterocycles. The number of anilines is 1. The van der Waals surface area contributed by atoms with Gasteiger partial charge in [0, 0.05) is 24.1 Å². The van der Waals surface area contributed by atoms with Crippen LogP contribution in [0.3, 0.4) is 0 Å². The molecule has 1 aromatic carbocycles. The van der Waals surface area contributed by atoms with Gasteiger partial charge in [0.1, 0.15) is 0 Å². The van der Waals surface area contributed by atoms with Gasteiger partial charge in [-0.2, -0.15) is 0 Å². The van der Waals surface area contributed by atoms with Crippen molar-refractivity contribution >= 4 is 21.6 Å². The molecule has 2 nitrogen and oxygen atoms in total. The van der Waals surface area contributed by atoms with Crippen LogP contribution in [0.1, 0.15) is 39.3 Å². The number of hydrogen-bond acceptors (Lipinski definition) is 2. The number of halogens is 1. The summed E-state index contributed by atoms with van der Waals surface area (Å²) in [6, 6.07) is 7.04. The predicted octanol–water partition coefficient (Wildman–Crippen LogP) is 4.21. The molecule has 1 N–H and O–H groups in total. The fraction of sp³-hybridized carbons (Fsp3) is 0.600. The first-order valence-corrected chi connectivity index (χ1v) is 7.49. The third-order valence-electron chi connectivity index (χ3n) is 3.03. The van der Waals surface area contributed by atoms with Crippen LogP contribution < -0.4 is 10.2 Å². The van der Waals surface area contributed by atoms with Gasteiger partial charge < -0.3 is 10.2 Å². The summed E-state index contributed by atoms with van der Waals surface area (Å²) in [4.78, 5) is 2.30. The van der Waals surface area contributed by atoms with Crippen LogP contribution in [-0.4, -0.2) is 20.1 Å². The van der Waals surface area contributed by atoms with E-state index in [1.54, 1.807) is 0 Å². The molecule has 1 rings (SSSR count). The van der Waals surface area contributed by atoms with Crippen LogP contribution >= 0.6 is 15.9 Å². The minimum Gasteiger partial charge on any atom is -0.373 e. The summed E-state index contributed by atoms with van der Waals surface area (Å²) in [5, 5.41) is 3.44. The molecule has 1 atom stereocenters. The van der Waals surface area contributed by atoms with Crippen molar-refractivity contribution in [2.45, 2.75) is 33.7 Å². The second kappa shape index (κ2) is 7.15. The molecule has 0 saturated carbocycles. The first kappa shape index (κ1) is 15.5. The van der Waals surface area contributed by atoms with E-state index in [4.69, 9.17) is 0 Å². The van der Waals surface area contributed by atoms with E-state index < -0.39 is 0 Å². The minimum atomic E-state index is 0.399. The number of nitrogens with one attached hydrogen (secondary N) is 1. The van der Waals surface area contributed by atoms with Crippen molar-refractivity contribution in [1.29, 1.82) is 0 Å². The molecule has 0 saturated heterocycles. The Morgan fingerprint density at radius 3 is 2.44 bits per heavy atom. The lowest BCUT2D eigenvalue weighted by molar-refractivity contribution is 0.597. The van der Waals surface area contributed by atoms with Crippen LogP contribution in [0.2, 0.25) is 0 Å². The lowest BCUT2D eigenvalue weighted by Crippen LogP contribution is -2.23. The Morgan fingerprint density at radius 1 is 1.28 bits per heavy atom. The highest BCUT2D eigenvalue weighted by Gasteiger charge is 2.10. The molecular formula is C15H25BrN2. The van der Waals surface area contributed by atoms with E-state index in [0.29, 0.717) is 12.0 Å². The van der Waals surface area contributed by atoms with Crippen LogP contribution in [0.5, 0.6) is 0 Å². The zero-order valence-electron chi connectivity index (χ0n) is 12.1. The highest BCUT2D eigenvalue weighted by Crippen LogP contribution is 2.29. The Labute approximate surface area is 120 Å². The summed E-state index contributed by atoms with van der Waals surface area (Å²) < 4.78 is 1.17. The largest absolute Gasteiger partial charge is 0.373 e. The monoisotopic (exact) mass is 312 g/mol. The molecule has 0 aliphatic carbocycles. The second-order valence-corrected chi connectivity index (χ2v) is 6.12. The molecule has 0 aliphatic heterocycles. The third-order valence-corrected chi connectivity index (χ3v) is 3.67. The molecule has 0 bridgehead atoms. The van der Waals surface area contributed by atoms with E-state index in [-0.39, 0.29) is 0 Å². The van der Waals surface area contributed by atoms with Gasteiger partial charge in [-0.25, -0.2) is 0 Å². The second-order valence-electron chi connectivity index (χ2n) is 5.26. The van der Waals surface area contributed by atoms with E-state index in [2.05, 4.69) is 79.1 Å². The summed E-state index contributed by atoms with van der Waals surface area (Å²) in [6.45, 7) is 10.9. The quantitative estimate of drug-likeness (QED) is 0.846. The van der Waals surface area contributed by atoms with Crippen molar-refractivity contribution in [3.05, 3.63) is 28.2 Å². The maximum absolute atomic E-state index is 3.69. The highest BCUT2D eigenvalue weighted by molar-refractivity contribution is 9.10. The van der Waals surface area contributed by atoms with Crippen molar-refractivity contribution in [3.8, 4) is 0 Å². The van der Waals surface area contributed by atoms with Crippen LogP contribution in [0, 0.1) is 5.92 Å². The molecule has 0 aliphatic rings. The van der Waals surface area contributed by atoms with Gasteiger partial charge in [0.15, 0.2) is 0 Å². The molecule has 1 unspecified atom stereocenters. The van der Waals surface area contributed by atoms with Crippen LogP contribution in [0.15, 0.2) is 22.7 Å². The molecule has 0 spiro atoms. The highest BCUT2D eigenvalue weighted by atomic mass is 79.9. The zero-order valence-corrected chi connectivity index (χ0v) is 13.7. The maximum Gasteiger partial charge on any atom is 0.0508 e. The van der Waals surface area contributed by atoms with Crippen molar-refractivity contribution in [1.82, 2.24) is 5.32 Å². The summed E-state index contributed by atoms with van der Waals surface area (Å²) in [5.41, 5.74) is 2.58. The fourth-order valence-corrected chi connectivity index (χ4v) is 2.87. The average Bonchev–Trinajstić information content (AvgIpc) is 2.28. The summed E-state index contributed by atoms with van der Waals surface area (Å²) >= 11 is 3.69. The summed E-state index contributed by atoms with van der Waals surface area (Å²) in [5.74, 6) is 0.669. The van der Waals surface area contributed by atoms with Gasteiger partial charge in [-0.3, -0.25) is 0 Å². The van der Waals surface area contributed by atoms with E-state index >= 15 is 0 Å². The minimum absolute atomic E-state index is 0.399. The normalized spacial score (nSPS) is 12.8. The van der Waals surface area contributed by atoms with Gasteiger partial charge in [0.25, 0.3) is 0 Å². The van der Waals surface area contributed by atoms with Crippen LogP contribution in [0.25, 0.3) is 0 Å². The van der Waals surface area contributed by atoms with E-state index in [0.717, 1.165) is 13.1 Å². The van der Waals surface area contributed by atoms with Gasteiger partial charge in [0.05, 0.1) is 5.69 Å². The Morgan fingerprint density at radius 2 is 1.94 bits per heavy atom. The first-order chi connectivity index (χ1) is 8.45. The molecular weight excluding hydrogens is 288 g/mol. The average molecular weight is 313 g/mol. The van der Waals surface area contributed by atoms with Gasteiger partial charge in [0.2, 0.25) is 0 Å². The lowest BCUT2D eigenvalue weighted by Gasteiger charge is -2.24. The molecule has 0 heterocycles. The maximum atomic E-state index is 3.69. The number of nitrogens with zero attached hydrogens (tertiary/aromatic N) is 1. The van der Waals surface area contributed by atoms with Gasteiger partial charge in [-0.15, -0.1) is 0 Å². The number of hydrogen-bond donors (Lipinski definition) is 1. The molecule has 1 aromatic rings. The molecule has 102 valence electrons. The smallest absolute Gasteiger partial charge is 0.0508 e. The zero-order chi connectivity index (χ0) is 13.7. The lowest BCUT2D eigenvalue weighted by atomic mass is 10.1. The number of benzene rings is 1. The summed E-state index contributed by atoms with van der Waals surface area (Å²) in [7, 11) is 2.15. The number of rotatable bonds is 6. The Kier molecular flexibility index (Phi) is 6.16. The molecule has 0 amide bonds. The van der Waals surface area contributed by atoms with Crippen molar-refractivity contribution < 1.29 is 0 Å². The third kappa shape index (κ3) is 4.29. The Balaban J connectivity index is 2.85. The topological polar surface area (TPSA) is 15.3 Å². The van der Waals surface area contributed by atoms with E-state index in [1.807, 2.05) is 0 Å². The van der Waals surface area contributed by atoms with E-state index in [9.17, 15) is 0 Å². The Bertz CT molecular complexity index is 377. The molecule has 0 fully saturated rings. The Hall–Kier alpha value is -0.540. The molecule has 0 radical (unpaired) electrons. The first-order valence-electron chi connectivity index (χ1n) is 6.69. The van der Waals surface area contributed by atoms with Crippen molar-refractivity contribution in [3.63, 3.8) is 0 Å². The van der Waals surface area contributed by atoms with E-state index in [1.165, 1.54) is 15.7 Å². The van der Waals surface area contributed by atoms with Gasteiger partial charge >= 0.3 is 0 Å². The molecule has 3 heteroatoms. The van der Waals surface area contributed by atoms with Crippen molar-refractivity contribution in [2.75, 3.05) is 25.0 Å². The van der Waals surface area contributed by atoms with Crippen LogP contribution in [0.4, 0.5) is 5.69 Å². The molecule has 18 heavy (non-hydrogen) atoms. The SMILES string of the molecule is CCNC(C)c1ccc(N(C)CC(C)C)c(Br)c1.